The summed E-state index contributed by atoms with van der Waals surface area (Å²) >= 11 is 16.5. The lowest BCUT2D eigenvalue weighted by atomic mass is 10.1. The monoisotopic (exact) mass is 489 g/mol. The zero-order chi connectivity index (χ0) is 22.2. The van der Waals surface area contributed by atoms with Crippen LogP contribution in [0.5, 0.6) is 5.75 Å². The van der Waals surface area contributed by atoms with Gasteiger partial charge < -0.3 is 24.2 Å². The Balaban J connectivity index is 2.97. The maximum absolute atomic E-state index is 12.7. The third kappa shape index (κ3) is 9.55. The third-order valence-electron chi connectivity index (χ3n) is 3.74. The van der Waals surface area contributed by atoms with E-state index in [1.165, 1.54) is 19.2 Å². The molecule has 0 aliphatic carbocycles. The summed E-state index contributed by atoms with van der Waals surface area (Å²) in [5, 5.41) is 2.16. The standard InChI is InChI=1S/C17H23Cl3NO7P/c1-4-11(2)28-29(24,25)15(21-16(23)27-10-17(18,19)20)9-14(22)12-5-7-13(26-3)8-6-12/h5-8,11,15H,4,9-10H2,1-3H3,(H,21,23)(H,24,25). The summed E-state index contributed by atoms with van der Waals surface area (Å²) < 4.78 is 25.7. The van der Waals surface area contributed by atoms with Crippen molar-refractivity contribution in [3.05, 3.63) is 29.8 Å². The van der Waals surface area contributed by atoms with E-state index >= 15 is 0 Å². The van der Waals surface area contributed by atoms with Crippen molar-refractivity contribution in [2.45, 2.75) is 42.4 Å². The molecule has 0 aromatic heterocycles. The molecule has 1 aromatic rings. The van der Waals surface area contributed by atoms with Crippen molar-refractivity contribution in [2.24, 2.45) is 0 Å². The van der Waals surface area contributed by atoms with Crippen LogP contribution in [0, 0.1) is 0 Å². The number of halogens is 3. The average Bonchev–Trinajstić information content (AvgIpc) is 2.64. The van der Waals surface area contributed by atoms with Crippen molar-refractivity contribution >= 4 is 54.3 Å². The lowest BCUT2D eigenvalue weighted by Gasteiger charge is -2.25. The molecule has 8 nitrogen and oxygen atoms in total. The summed E-state index contributed by atoms with van der Waals surface area (Å²) in [6.07, 6.45) is -1.78. The number of ether oxygens (including phenoxy) is 2. The number of Topliss-reactive ketones (excluding diaryl/α,β-unsaturated/α-hetero) is 1. The van der Waals surface area contributed by atoms with Crippen LogP contribution < -0.4 is 10.1 Å². The van der Waals surface area contributed by atoms with Gasteiger partial charge in [0.1, 0.15) is 18.1 Å². The van der Waals surface area contributed by atoms with Gasteiger partial charge in [-0.3, -0.25) is 9.36 Å². The fourth-order valence-corrected chi connectivity index (χ4v) is 3.69. The maximum atomic E-state index is 12.7. The Morgan fingerprint density at radius 2 is 1.83 bits per heavy atom. The largest absolute Gasteiger partial charge is 0.497 e. The van der Waals surface area contributed by atoms with Crippen LogP contribution in [0.15, 0.2) is 24.3 Å². The number of rotatable bonds is 10. The van der Waals surface area contributed by atoms with Gasteiger partial charge in [-0.15, -0.1) is 0 Å². The molecule has 0 heterocycles. The molecule has 0 aliphatic rings. The smallest absolute Gasteiger partial charge is 0.408 e. The summed E-state index contributed by atoms with van der Waals surface area (Å²) in [5.41, 5.74) is 0.260. The van der Waals surface area contributed by atoms with Crippen molar-refractivity contribution < 1.29 is 33.0 Å². The van der Waals surface area contributed by atoms with Gasteiger partial charge in [-0.05, 0) is 37.6 Å². The van der Waals surface area contributed by atoms with Crippen LogP contribution in [-0.4, -0.2) is 46.2 Å². The maximum Gasteiger partial charge on any atom is 0.408 e. The van der Waals surface area contributed by atoms with E-state index in [1.807, 2.05) is 0 Å². The molecule has 1 rings (SSSR count). The highest BCUT2D eigenvalue weighted by Gasteiger charge is 2.38. The van der Waals surface area contributed by atoms with Crippen LogP contribution in [-0.2, 0) is 13.8 Å². The second-order valence-electron chi connectivity index (χ2n) is 6.10. The van der Waals surface area contributed by atoms with E-state index < -0.39 is 48.2 Å². The molecule has 0 fully saturated rings. The van der Waals surface area contributed by atoms with Gasteiger partial charge in [0.2, 0.25) is 3.79 Å². The molecule has 0 spiro atoms. The van der Waals surface area contributed by atoms with Crippen LogP contribution in [0.1, 0.15) is 37.0 Å². The van der Waals surface area contributed by atoms with Crippen LogP contribution in [0.2, 0.25) is 0 Å². The molecule has 0 aliphatic heterocycles. The fraction of sp³-hybridized carbons (Fsp3) is 0.529. The molecule has 0 radical (unpaired) electrons. The predicted octanol–water partition coefficient (Wildman–Crippen LogP) is 4.69. The normalized spacial score (nSPS) is 15.7. The predicted molar refractivity (Wildman–Crippen MR) is 111 cm³/mol. The number of carbonyl (C=O) groups excluding carboxylic acids is 2. The molecule has 3 atom stereocenters. The Morgan fingerprint density at radius 1 is 1.24 bits per heavy atom. The van der Waals surface area contributed by atoms with Crippen LogP contribution in [0.3, 0.4) is 0 Å². The Morgan fingerprint density at radius 3 is 2.31 bits per heavy atom. The molecule has 2 unspecified atom stereocenters. The number of hydrogen-bond acceptors (Lipinski definition) is 6. The van der Waals surface area contributed by atoms with Gasteiger partial charge in [-0.2, -0.15) is 0 Å². The lowest BCUT2D eigenvalue weighted by Crippen LogP contribution is -2.38. The van der Waals surface area contributed by atoms with Crippen LogP contribution >= 0.6 is 42.4 Å². The van der Waals surface area contributed by atoms with E-state index in [9.17, 15) is 19.0 Å². The average molecular weight is 491 g/mol. The third-order valence-corrected chi connectivity index (χ3v) is 5.83. The van der Waals surface area contributed by atoms with E-state index in [0.717, 1.165) is 0 Å². The number of amides is 1. The van der Waals surface area contributed by atoms with Gasteiger partial charge in [-0.25, -0.2) is 4.79 Å². The van der Waals surface area contributed by atoms with Gasteiger partial charge in [0.15, 0.2) is 5.78 Å². The second-order valence-corrected chi connectivity index (χ2v) is 10.6. The zero-order valence-electron chi connectivity index (χ0n) is 16.1. The number of benzene rings is 1. The number of hydrogen-bond donors (Lipinski definition) is 2. The van der Waals surface area contributed by atoms with Crippen LogP contribution in [0.4, 0.5) is 4.79 Å². The van der Waals surface area contributed by atoms with Gasteiger partial charge in [-0.1, -0.05) is 41.7 Å². The van der Waals surface area contributed by atoms with Crippen molar-refractivity contribution in [1.82, 2.24) is 5.32 Å². The molecule has 0 bridgehead atoms. The summed E-state index contributed by atoms with van der Waals surface area (Å²) in [6, 6.07) is 6.13. The van der Waals surface area contributed by atoms with E-state index in [1.54, 1.807) is 26.0 Å². The van der Waals surface area contributed by atoms with E-state index in [0.29, 0.717) is 12.2 Å². The van der Waals surface area contributed by atoms with Crippen molar-refractivity contribution in [2.75, 3.05) is 13.7 Å². The fourth-order valence-electron chi connectivity index (χ4n) is 2.05. The molecule has 12 heteroatoms. The van der Waals surface area contributed by atoms with Crippen LogP contribution in [0.25, 0.3) is 0 Å². The molecule has 0 saturated heterocycles. The molecule has 0 saturated carbocycles. The van der Waals surface area contributed by atoms with E-state index in [4.69, 9.17) is 48.8 Å². The highest BCUT2D eigenvalue weighted by atomic mass is 35.6. The minimum atomic E-state index is -4.44. The molecule has 1 amide bonds. The van der Waals surface area contributed by atoms with Gasteiger partial charge in [0.05, 0.1) is 13.2 Å². The topological polar surface area (TPSA) is 111 Å². The van der Waals surface area contributed by atoms with Crippen molar-refractivity contribution in [1.29, 1.82) is 0 Å². The summed E-state index contributed by atoms with van der Waals surface area (Å²) in [4.78, 5) is 34.9. The minimum absolute atomic E-state index is 0.260. The first-order valence-electron chi connectivity index (χ1n) is 8.56. The summed E-state index contributed by atoms with van der Waals surface area (Å²) in [6.45, 7) is 2.75. The summed E-state index contributed by atoms with van der Waals surface area (Å²) in [7, 11) is -2.96. The quantitative estimate of drug-likeness (QED) is 0.278. The SMILES string of the molecule is CCC(C)O[P@@](=O)(O)C(CC(=O)c1ccc(OC)cc1)NC(=O)OCC(Cl)(Cl)Cl. The highest BCUT2D eigenvalue weighted by Crippen LogP contribution is 2.49. The van der Waals surface area contributed by atoms with Crippen molar-refractivity contribution in [3.8, 4) is 5.75 Å². The molecule has 2 N–H and O–H groups in total. The number of carbonyl (C=O) groups is 2. The van der Waals surface area contributed by atoms with Gasteiger partial charge >= 0.3 is 13.7 Å². The number of methoxy groups -OCH3 is 1. The molecular formula is C17H23Cl3NO7P. The Labute approximate surface area is 184 Å². The first kappa shape index (κ1) is 26.0. The van der Waals surface area contributed by atoms with Crippen molar-refractivity contribution in [3.63, 3.8) is 0 Å². The number of nitrogens with one attached hydrogen (secondary N) is 1. The first-order valence-corrected chi connectivity index (χ1v) is 11.3. The number of alkyl carbamates (subject to hydrolysis) is 1. The second kappa shape index (κ2) is 11.4. The van der Waals surface area contributed by atoms with Gasteiger partial charge in [0, 0.05) is 12.0 Å². The molecule has 1 aromatic carbocycles. The van der Waals surface area contributed by atoms with E-state index in [-0.39, 0.29) is 5.56 Å². The zero-order valence-corrected chi connectivity index (χ0v) is 19.2. The van der Waals surface area contributed by atoms with Gasteiger partial charge in [0.25, 0.3) is 0 Å². The summed E-state index contributed by atoms with van der Waals surface area (Å²) in [5.74, 6) is -1.52. The lowest BCUT2D eigenvalue weighted by molar-refractivity contribution is 0.0963. The number of alkyl halides is 3. The van der Waals surface area contributed by atoms with E-state index in [2.05, 4.69) is 5.32 Å². The minimum Gasteiger partial charge on any atom is -0.497 e. The first-order chi connectivity index (χ1) is 13.4. The molecular weight excluding hydrogens is 468 g/mol. The molecule has 164 valence electrons. The Bertz CT molecular complexity index is 740. The number of ketones is 1. The Hall–Kier alpha value is -1.02. The Kier molecular flexibility index (Phi) is 10.2. The molecule has 29 heavy (non-hydrogen) atoms. The highest BCUT2D eigenvalue weighted by molar-refractivity contribution is 7.53.